The van der Waals surface area contributed by atoms with Crippen molar-refractivity contribution in [3.8, 4) is 23.3 Å². The van der Waals surface area contributed by atoms with Gasteiger partial charge in [-0.05, 0) is 30.7 Å². The minimum Gasteiger partial charge on any atom is -0.493 e. The molecule has 0 fully saturated rings. The molecule has 0 radical (unpaired) electrons. The molecule has 8 heteroatoms. The normalized spacial score (nSPS) is 24.4. The van der Waals surface area contributed by atoms with Crippen molar-refractivity contribution >= 4 is 0 Å². The van der Waals surface area contributed by atoms with Crippen LogP contribution in [0.4, 0.5) is 0 Å². The SMILES string of the molecule is COc1cc(C2C=C(N)OC3=C2C(C)(C#N)NN3)cc(OC)c1OC. The number of rotatable bonds is 4. The Morgan fingerprint density at radius 2 is 1.84 bits per heavy atom. The highest BCUT2D eigenvalue weighted by Crippen LogP contribution is 2.46. The van der Waals surface area contributed by atoms with Crippen LogP contribution in [-0.2, 0) is 4.74 Å². The lowest BCUT2D eigenvalue weighted by Gasteiger charge is -2.27. The molecule has 0 aliphatic carbocycles. The molecule has 1 aromatic rings. The lowest BCUT2D eigenvalue weighted by Crippen LogP contribution is -2.43. The molecule has 0 amide bonds. The molecule has 0 aromatic heterocycles. The molecule has 2 heterocycles. The Morgan fingerprint density at radius 3 is 2.36 bits per heavy atom. The number of methoxy groups -OCH3 is 3. The fraction of sp³-hybridized carbons (Fsp3) is 0.353. The summed E-state index contributed by atoms with van der Waals surface area (Å²) in [6.45, 7) is 1.77. The standard InChI is InChI=1S/C17H20N4O4/c1-17(8-18)14-10(7-13(19)25-16(14)20-21-17)9-5-11(22-2)15(24-4)12(6-9)23-3/h5-7,10,20-21H,19H2,1-4H3. The Balaban J connectivity index is 2.17. The number of nitrogens with zero attached hydrogens (tertiary/aromatic N) is 1. The van der Waals surface area contributed by atoms with Crippen molar-refractivity contribution < 1.29 is 18.9 Å². The summed E-state index contributed by atoms with van der Waals surface area (Å²) in [6.07, 6.45) is 1.75. The van der Waals surface area contributed by atoms with Crippen LogP contribution >= 0.6 is 0 Å². The molecule has 0 spiro atoms. The minimum absolute atomic E-state index is 0.244. The maximum atomic E-state index is 9.61. The van der Waals surface area contributed by atoms with E-state index in [2.05, 4.69) is 16.9 Å². The van der Waals surface area contributed by atoms with Crippen LogP contribution < -0.4 is 30.8 Å². The van der Waals surface area contributed by atoms with Gasteiger partial charge in [0.25, 0.3) is 0 Å². The van der Waals surface area contributed by atoms with Crippen LogP contribution in [0.1, 0.15) is 18.4 Å². The molecule has 3 rings (SSSR count). The first-order chi connectivity index (χ1) is 12.0. The van der Waals surface area contributed by atoms with Crippen molar-refractivity contribution in [2.24, 2.45) is 5.73 Å². The molecular weight excluding hydrogens is 324 g/mol. The van der Waals surface area contributed by atoms with Crippen LogP contribution in [0.2, 0.25) is 0 Å². The largest absolute Gasteiger partial charge is 0.493 e. The monoisotopic (exact) mass is 344 g/mol. The maximum absolute atomic E-state index is 9.61. The van der Waals surface area contributed by atoms with E-state index >= 15 is 0 Å². The second-order valence-electron chi connectivity index (χ2n) is 5.84. The Labute approximate surface area is 145 Å². The van der Waals surface area contributed by atoms with Crippen LogP contribution in [0.5, 0.6) is 17.2 Å². The quantitative estimate of drug-likeness (QED) is 0.748. The number of hydrogen-bond acceptors (Lipinski definition) is 8. The molecule has 1 aromatic carbocycles. The van der Waals surface area contributed by atoms with Gasteiger partial charge in [0, 0.05) is 11.5 Å². The lowest BCUT2D eigenvalue weighted by atomic mass is 9.80. The molecule has 2 atom stereocenters. The molecule has 132 valence electrons. The summed E-state index contributed by atoms with van der Waals surface area (Å²) in [4.78, 5) is 0. The van der Waals surface area contributed by atoms with Gasteiger partial charge >= 0.3 is 0 Å². The van der Waals surface area contributed by atoms with Gasteiger partial charge < -0.3 is 24.7 Å². The van der Waals surface area contributed by atoms with Crippen molar-refractivity contribution in [3.05, 3.63) is 41.1 Å². The molecular formula is C17H20N4O4. The predicted octanol–water partition coefficient (Wildman–Crippen LogP) is 1.23. The average Bonchev–Trinajstić information content (AvgIpc) is 2.97. The van der Waals surface area contributed by atoms with Crippen molar-refractivity contribution in [1.29, 1.82) is 5.26 Å². The summed E-state index contributed by atoms with van der Waals surface area (Å²) in [5.74, 6) is 1.92. The van der Waals surface area contributed by atoms with Crippen LogP contribution in [-0.4, -0.2) is 26.9 Å². The number of hydrazine groups is 1. The fourth-order valence-corrected chi connectivity index (χ4v) is 3.11. The number of nitriles is 1. The molecule has 2 unspecified atom stereocenters. The third-order valence-corrected chi connectivity index (χ3v) is 4.34. The van der Waals surface area contributed by atoms with Gasteiger partial charge in [0.15, 0.2) is 17.4 Å². The summed E-state index contributed by atoms with van der Waals surface area (Å²) in [6, 6.07) is 5.94. The Hall–Kier alpha value is -3.05. The summed E-state index contributed by atoms with van der Waals surface area (Å²) < 4.78 is 21.7. The van der Waals surface area contributed by atoms with Gasteiger partial charge in [0.1, 0.15) is 5.54 Å². The first kappa shape index (κ1) is 16.8. The number of allylic oxidation sites excluding steroid dienone is 1. The van der Waals surface area contributed by atoms with Gasteiger partial charge in [0.05, 0.1) is 27.4 Å². The van der Waals surface area contributed by atoms with Gasteiger partial charge in [-0.15, -0.1) is 0 Å². The van der Waals surface area contributed by atoms with E-state index in [0.717, 1.165) is 11.1 Å². The number of ether oxygens (including phenoxy) is 4. The van der Waals surface area contributed by atoms with Gasteiger partial charge in [-0.1, -0.05) is 0 Å². The molecule has 2 aliphatic rings. The summed E-state index contributed by atoms with van der Waals surface area (Å²) in [5, 5.41) is 9.61. The zero-order valence-corrected chi connectivity index (χ0v) is 14.5. The smallest absolute Gasteiger partial charge is 0.212 e. The van der Waals surface area contributed by atoms with Gasteiger partial charge in [-0.2, -0.15) is 5.26 Å². The Morgan fingerprint density at radius 1 is 1.20 bits per heavy atom. The van der Waals surface area contributed by atoms with Crippen LogP contribution in [0.25, 0.3) is 0 Å². The summed E-state index contributed by atoms with van der Waals surface area (Å²) in [7, 11) is 4.65. The second kappa shape index (κ2) is 6.11. The highest BCUT2D eigenvalue weighted by Gasteiger charge is 2.44. The van der Waals surface area contributed by atoms with Crippen LogP contribution in [0, 0.1) is 11.3 Å². The van der Waals surface area contributed by atoms with Crippen molar-refractivity contribution in [2.75, 3.05) is 21.3 Å². The lowest BCUT2D eigenvalue weighted by molar-refractivity contribution is 0.258. The number of nitrogens with one attached hydrogen (secondary N) is 2. The number of benzene rings is 1. The van der Waals surface area contributed by atoms with E-state index < -0.39 is 5.54 Å². The molecule has 2 aliphatic heterocycles. The molecule has 25 heavy (non-hydrogen) atoms. The van der Waals surface area contributed by atoms with Crippen molar-refractivity contribution in [3.63, 3.8) is 0 Å². The molecule has 4 N–H and O–H groups in total. The summed E-state index contributed by atoms with van der Waals surface area (Å²) >= 11 is 0. The fourth-order valence-electron chi connectivity index (χ4n) is 3.11. The number of hydrogen-bond donors (Lipinski definition) is 3. The van der Waals surface area contributed by atoms with E-state index in [4.69, 9.17) is 24.7 Å². The topological polar surface area (TPSA) is 111 Å². The van der Waals surface area contributed by atoms with Crippen LogP contribution in [0.3, 0.4) is 0 Å². The van der Waals surface area contributed by atoms with Gasteiger partial charge in [-0.3, -0.25) is 5.43 Å². The van der Waals surface area contributed by atoms with Gasteiger partial charge in [0.2, 0.25) is 11.6 Å². The first-order valence-electron chi connectivity index (χ1n) is 7.61. The molecule has 8 nitrogen and oxygen atoms in total. The Kier molecular flexibility index (Phi) is 4.10. The van der Waals surface area contributed by atoms with Gasteiger partial charge in [-0.25, -0.2) is 5.43 Å². The van der Waals surface area contributed by atoms with Crippen molar-refractivity contribution in [1.82, 2.24) is 10.9 Å². The maximum Gasteiger partial charge on any atom is 0.212 e. The predicted molar refractivity (Wildman–Crippen MR) is 89.5 cm³/mol. The van der Waals surface area contributed by atoms with E-state index in [9.17, 15) is 5.26 Å². The van der Waals surface area contributed by atoms with Crippen LogP contribution in [0.15, 0.2) is 35.5 Å². The molecule has 0 bridgehead atoms. The average molecular weight is 344 g/mol. The van der Waals surface area contributed by atoms with Crippen molar-refractivity contribution in [2.45, 2.75) is 18.4 Å². The third kappa shape index (κ3) is 2.58. The highest BCUT2D eigenvalue weighted by molar-refractivity contribution is 5.58. The zero-order valence-electron chi connectivity index (χ0n) is 14.5. The second-order valence-corrected chi connectivity index (χ2v) is 5.84. The van der Waals surface area contributed by atoms with E-state index in [0.29, 0.717) is 23.1 Å². The van der Waals surface area contributed by atoms with E-state index in [1.165, 1.54) is 0 Å². The Bertz CT molecular complexity index is 786. The number of nitrogens with two attached hydrogens (primary N) is 1. The highest BCUT2D eigenvalue weighted by atomic mass is 16.5. The van der Waals surface area contributed by atoms with E-state index in [1.807, 2.05) is 12.1 Å². The van der Waals surface area contributed by atoms with E-state index in [-0.39, 0.29) is 11.8 Å². The molecule has 0 saturated heterocycles. The summed E-state index contributed by atoms with van der Waals surface area (Å²) in [5.41, 5.74) is 12.4. The minimum atomic E-state index is -0.947. The molecule has 0 saturated carbocycles. The van der Waals surface area contributed by atoms with E-state index in [1.54, 1.807) is 34.3 Å². The third-order valence-electron chi connectivity index (χ3n) is 4.34. The first-order valence-corrected chi connectivity index (χ1v) is 7.61. The zero-order chi connectivity index (χ0) is 18.2.